The highest BCUT2D eigenvalue weighted by Crippen LogP contribution is 2.08. The minimum absolute atomic E-state index is 0.0270. The van der Waals surface area contributed by atoms with Crippen molar-refractivity contribution in [2.24, 2.45) is 5.92 Å². The van der Waals surface area contributed by atoms with Crippen molar-refractivity contribution in [1.29, 1.82) is 0 Å². The molecular formula is C15H24N2O2. The summed E-state index contributed by atoms with van der Waals surface area (Å²) in [6, 6.07) is 7.75. The fraction of sp³-hybridized carbons (Fsp3) is 0.533. The van der Waals surface area contributed by atoms with Crippen LogP contribution in [0.25, 0.3) is 0 Å². The van der Waals surface area contributed by atoms with Crippen LogP contribution in [0.3, 0.4) is 0 Å². The standard InChI is InChI=1S/C15H24N2O2/c1-12-5-3-7-14(9-12)17-15(19)10-16-8-4-6-13(2)11-18/h3,5,7,9,13,16,18H,4,6,8,10-11H2,1-2H3,(H,17,19). The molecule has 4 nitrogen and oxygen atoms in total. The van der Waals surface area contributed by atoms with E-state index in [1.54, 1.807) is 0 Å². The number of aliphatic hydroxyl groups excluding tert-OH is 1. The van der Waals surface area contributed by atoms with E-state index in [-0.39, 0.29) is 12.5 Å². The molecule has 0 radical (unpaired) electrons. The average Bonchev–Trinajstić information content (AvgIpc) is 2.38. The summed E-state index contributed by atoms with van der Waals surface area (Å²) in [4.78, 5) is 11.7. The molecule has 3 N–H and O–H groups in total. The van der Waals surface area contributed by atoms with Gasteiger partial charge >= 0.3 is 0 Å². The number of aryl methyl sites for hydroxylation is 1. The number of hydrogen-bond donors (Lipinski definition) is 3. The predicted molar refractivity (Wildman–Crippen MR) is 78.2 cm³/mol. The first-order valence-corrected chi connectivity index (χ1v) is 6.80. The second-order valence-electron chi connectivity index (χ2n) is 5.02. The molecule has 4 heteroatoms. The summed E-state index contributed by atoms with van der Waals surface area (Å²) in [5.41, 5.74) is 1.96. The Morgan fingerprint density at radius 2 is 2.21 bits per heavy atom. The van der Waals surface area contributed by atoms with E-state index >= 15 is 0 Å². The van der Waals surface area contributed by atoms with Crippen molar-refractivity contribution in [2.45, 2.75) is 26.7 Å². The predicted octanol–water partition coefficient (Wildman–Crippen LogP) is 1.93. The molecule has 0 bridgehead atoms. The summed E-state index contributed by atoms with van der Waals surface area (Å²) in [7, 11) is 0. The Bertz CT molecular complexity index is 393. The summed E-state index contributed by atoms with van der Waals surface area (Å²) in [6.45, 7) is 5.36. The van der Waals surface area contributed by atoms with Gasteiger partial charge in [-0.25, -0.2) is 0 Å². The van der Waals surface area contributed by atoms with Gasteiger partial charge < -0.3 is 15.7 Å². The third-order valence-electron chi connectivity index (χ3n) is 2.95. The van der Waals surface area contributed by atoms with Crippen molar-refractivity contribution in [2.75, 3.05) is 25.0 Å². The van der Waals surface area contributed by atoms with E-state index in [9.17, 15) is 4.79 Å². The highest BCUT2D eigenvalue weighted by atomic mass is 16.3. The minimum atomic E-state index is -0.0270. The zero-order valence-corrected chi connectivity index (χ0v) is 11.8. The van der Waals surface area contributed by atoms with E-state index in [2.05, 4.69) is 10.6 Å². The van der Waals surface area contributed by atoms with Gasteiger partial charge in [-0.2, -0.15) is 0 Å². The molecule has 0 aliphatic carbocycles. The molecule has 106 valence electrons. The molecule has 1 unspecified atom stereocenters. The van der Waals surface area contributed by atoms with Crippen molar-refractivity contribution in [3.63, 3.8) is 0 Å². The molecule has 1 aromatic rings. The SMILES string of the molecule is Cc1cccc(NC(=O)CNCCCC(C)CO)c1. The van der Waals surface area contributed by atoms with Crippen LogP contribution in [0.15, 0.2) is 24.3 Å². The second kappa shape index (κ2) is 8.67. The van der Waals surface area contributed by atoms with Gasteiger partial charge in [0.1, 0.15) is 0 Å². The number of hydrogen-bond acceptors (Lipinski definition) is 3. The van der Waals surface area contributed by atoms with Gasteiger partial charge in [0.25, 0.3) is 0 Å². The first-order valence-electron chi connectivity index (χ1n) is 6.80. The lowest BCUT2D eigenvalue weighted by Crippen LogP contribution is -2.29. The van der Waals surface area contributed by atoms with Gasteiger partial charge in [-0.1, -0.05) is 19.1 Å². The zero-order valence-electron chi connectivity index (χ0n) is 11.8. The lowest BCUT2D eigenvalue weighted by molar-refractivity contribution is -0.115. The Balaban J connectivity index is 2.15. The van der Waals surface area contributed by atoms with E-state index in [4.69, 9.17) is 5.11 Å². The summed E-state index contributed by atoms with van der Waals surface area (Å²) in [5, 5.41) is 14.8. The van der Waals surface area contributed by atoms with Crippen molar-refractivity contribution >= 4 is 11.6 Å². The molecule has 19 heavy (non-hydrogen) atoms. The number of anilines is 1. The fourth-order valence-corrected chi connectivity index (χ4v) is 1.80. The van der Waals surface area contributed by atoms with Gasteiger partial charge in [-0.05, 0) is 49.9 Å². The highest BCUT2D eigenvalue weighted by molar-refractivity contribution is 5.92. The van der Waals surface area contributed by atoms with Crippen LogP contribution < -0.4 is 10.6 Å². The number of rotatable bonds is 8. The minimum Gasteiger partial charge on any atom is -0.396 e. The van der Waals surface area contributed by atoms with E-state index in [0.29, 0.717) is 12.5 Å². The Hall–Kier alpha value is -1.39. The Morgan fingerprint density at radius 3 is 2.89 bits per heavy atom. The largest absolute Gasteiger partial charge is 0.396 e. The number of nitrogens with one attached hydrogen (secondary N) is 2. The summed E-state index contributed by atoms with van der Waals surface area (Å²) in [6.07, 6.45) is 1.95. The molecule has 1 aromatic carbocycles. The first-order chi connectivity index (χ1) is 9.11. The van der Waals surface area contributed by atoms with Crippen molar-refractivity contribution in [3.8, 4) is 0 Å². The van der Waals surface area contributed by atoms with Crippen LogP contribution in [0.2, 0.25) is 0 Å². The molecule has 0 saturated carbocycles. The van der Waals surface area contributed by atoms with Crippen LogP contribution in [-0.2, 0) is 4.79 Å². The third kappa shape index (κ3) is 6.94. The molecular weight excluding hydrogens is 240 g/mol. The van der Waals surface area contributed by atoms with Crippen LogP contribution in [0.1, 0.15) is 25.3 Å². The average molecular weight is 264 g/mol. The summed E-state index contributed by atoms with van der Waals surface area (Å²) < 4.78 is 0. The van der Waals surface area contributed by atoms with Crippen molar-refractivity contribution in [3.05, 3.63) is 29.8 Å². The van der Waals surface area contributed by atoms with E-state index in [1.807, 2.05) is 38.1 Å². The topological polar surface area (TPSA) is 61.4 Å². The fourth-order valence-electron chi connectivity index (χ4n) is 1.80. The molecule has 0 saturated heterocycles. The molecule has 0 heterocycles. The third-order valence-corrected chi connectivity index (χ3v) is 2.95. The second-order valence-corrected chi connectivity index (χ2v) is 5.02. The van der Waals surface area contributed by atoms with Gasteiger partial charge in [0, 0.05) is 12.3 Å². The number of aliphatic hydroxyl groups is 1. The van der Waals surface area contributed by atoms with Crippen LogP contribution in [0.4, 0.5) is 5.69 Å². The molecule has 0 aliphatic rings. The van der Waals surface area contributed by atoms with Gasteiger partial charge in [0.05, 0.1) is 6.54 Å². The molecule has 1 amide bonds. The maximum Gasteiger partial charge on any atom is 0.238 e. The Kier molecular flexibility index (Phi) is 7.15. The van der Waals surface area contributed by atoms with E-state index < -0.39 is 0 Å². The quantitative estimate of drug-likeness (QED) is 0.629. The van der Waals surface area contributed by atoms with E-state index in [1.165, 1.54) is 0 Å². The maximum absolute atomic E-state index is 11.7. The smallest absolute Gasteiger partial charge is 0.238 e. The number of amides is 1. The van der Waals surface area contributed by atoms with Crippen LogP contribution in [0, 0.1) is 12.8 Å². The van der Waals surface area contributed by atoms with Crippen molar-refractivity contribution in [1.82, 2.24) is 5.32 Å². The first kappa shape index (κ1) is 15.7. The molecule has 0 aromatic heterocycles. The molecule has 1 rings (SSSR count). The van der Waals surface area contributed by atoms with E-state index in [0.717, 1.165) is 30.6 Å². The summed E-state index contributed by atoms with van der Waals surface area (Å²) in [5.74, 6) is 0.309. The highest BCUT2D eigenvalue weighted by Gasteiger charge is 2.02. The lowest BCUT2D eigenvalue weighted by atomic mass is 10.1. The van der Waals surface area contributed by atoms with Gasteiger partial charge in [-0.3, -0.25) is 4.79 Å². The molecule has 0 fully saturated rings. The zero-order chi connectivity index (χ0) is 14.1. The maximum atomic E-state index is 11.7. The monoisotopic (exact) mass is 264 g/mol. The van der Waals surface area contributed by atoms with Gasteiger partial charge in [-0.15, -0.1) is 0 Å². The normalized spacial score (nSPS) is 12.2. The molecule has 0 spiro atoms. The molecule has 1 atom stereocenters. The van der Waals surface area contributed by atoms with Gasteiger partial charge in [0.2, 0.25) is 5.91 Å². The van der Waals surface area contributed by atoms with Gasteiger partial charge in [0.15, 0.2) is 0 Å². The van der Waals surface area contributed by atoms with Crippen LogP contribution >= 0.6 is 0 Å². The Labute approximate surface area is 115 Å². The number of carbonyl (C=O) groups is 1. The Morgan fingerprint density at radius 1 is 1.42 bits per heavy atom. The van der Waals surface area contributed by atoms with Crippen molar-refractivity contribution < 1.29 is 9.90 Å². The van der Waals surface area contributed by atoms with Crippen LogP contribution in [0.5, 0.6) is 0 Å². The number of carbonyl (C=O) groups excluding carboxylic acids is 1. The summed E-state index contributed by atoms with van der Waals surface area (Å²) >= 11 is 0. The lowest BCUT2D eigenvalue weighted by Gasteiger charge is -2.09. The number of benzene rings is 1. The van der Waals surface area contributed by atoms with Crippen LogP contribution in [-0.4, -0.2) is 30.7 Å². The molecule has 0 aliphatic heterocycles.